The Labute approximate surface area is 115 Å². The predicted molar refractivity (Wildman–Crippen MR) is 72.2 cm³/mol. The second-order valence-corrected chi connectivity index (χ2v) is 5.80. The van der Waals surface area contributed by atoms with Gasteiger partial charge >= 0.3 is 0 Å². The average molecular weight is 279 g/mol. The van der Waals surface area contributed by atoms with E-state index in [1.165, 1.54) is 0 Å². The molecule has 2 bridgehead atoms. The third-order valence-corrected chi connectivity index (χ3v) is 4.45. The van der Waals surface area contributed by atoms with Crippen LogP contribution in [-0.2, 0) is 17.4 Å². The van der Waals surface area contributed by atoms with Crippen molar-refractivity contribution in [2.45, 2.75) is 24.5 Å². The molecule has 2 unspecified atom stereocenters. The minimum absolute atomic E-state index is 0.305. The first-order valence-corrected chi connectivity index (χ1v) is 6.93. The molecule has 0 saturated carbocycles. The van der Waals surface area contributed by atoms with Crippen LogP contribution >= 0.6 is 11.6 Å². The summed E-state index contributed by atoms with van der Waals surface area (Å²) in [5.41, 5.74) is 2.32. The first kappa shape index (κ1) is 11.6. The summed E-state index contributed by atoms with van der Waals surface area (Å²) >= 11 is 6.38. The highest BCUT2D eigenvalue weighted by molar-refractivity contribution is 6.34. The second kappa shape index (κ2) is 3.91. The monoisotopic (exact) mass is 278 g/mol. The van der Waals surface area contributed by atoms with Gasteiger partial charge in [0.2, 0.25) is 0 Å². The molecule has 100 valence electrons. The summed E-state index contributed by atoms with van der Waals surface area (Å²) in [4.78, 5) is 4.72. The second-order valence-electron chi connectivity index (χ2n) is 5.40. The molecule has 0 amide bonds. The Morgan fingerprint density at radius 1 is 1.58 bits per heavy atom. The highest BCUT2D eigenvalue weighted by Crippen LogP contribution is 2.41. The zero-order chi connectivity index (χ0) is 13.0. The summed E-state index contributed by atoms with van der Waals surface area (Å²) < 4.78 is 7.92. The molecule has 2 aliphatic rings. The Kier molecular flexibility index (Phi) is 2.40. The molecule has 1 N–H and O–H groups in total. The molecule has 6 heteroatoms. The maximum atomic E-state index is 6.38. The number of fused-ring (bicyclic) bond motifs is 3. The number of ether oxygens (including phenoxy) is 1. The topological polar surface area (TPSA) is 52.0 Å². The SMILES string of the molecule is Cn1ncc2nc(C34CCC(CNC3)O4)cc(Cl)c21. The van der Waals surface area contributed by atoms with Crippen LogP contribution in [-0.4, -0.2) is 34.0 Å². The van der Waals surface area contributed by atoms with Crippen molar-refractivity contribution in [1.29, 1.82) is 0 Å². The van der Waals surface area contributed by atoms with Gasteiger partial charge in [0, 0.05) is 20.1 Å². The standard InChI is InChI=1S/C13H15ClN4O/c1-18-12-9(14)4-11(17-10(12)6-16-18)13-3-2-8(19-13)5-15-7-13/h4,6,8,15H,2-3,5,7H2,1H3. The molecule has 0 radical (unpaired) electrons. The quantitative estimate of drug-likeness (QED) is 0.861. The molecule has 0 aliphatic carbocycles. The van der Waals surface area contributed by atoms with E-state index in [9.17, 15) is 0 Å². The van der Waals surface area contributed by atoms with Crippen molar-refractivity contribution in [1.82, 2.24) is 20.1 Å². The van der Waals surface area contributed by atoms with Gasteiger partial charge in [-0.05, 0) is 18.9 Å². The van der Waals surface area contributed by atoms with Crippen molar-refractivity contribution in [2.75, 3.05) is 13.1 Å². The van der Waals surface area contributed by atoms with Crippen LogP contribution in [0.1, 0.15) is 18.5 Å². The van der Waals surface area contributed by atoms with Gasteiger partial charge in [-0.1, -0.05) is 11.6 Å². The van der Waals surface area contributed by atoms with E-state index in [-0.39, 0.29) is 5.60 Å². The molecular weight excluding hydrogens is 264 g/mol. The Hall–Kier alpha value is -1.17. The number of pyridine rings is 1. The number of rotatable bonds is 1. The summed E-state index contributed by atoms with van der Waals surface area (Å²) in [5.74, 6) is 0. The van der Waals surface area contributed by atoms with Crippen molar-refractivity contribution in [3.8, 4) is 0 Å². The third-order valence-electron chi connectivity index (χ3n) is 4.16. The highest BCUT2D eigenvalue weighted by atomic mass is 35.5. The first-order chi connectivity index (χ1) is 9.18. The fourth-order valence-corrected chi connectivity index (χ4v) is 3.51. The number of hydrogen-bond acceptors (Lipinski definition) is 4. The van der Waals surface area contributed by atoms with E-state index >= 15 is 0 Å². The largest absolute Gasteiger partial charge is 0.363 e. The van der Waals surface area contributed by atoms with Gasteiger partial charge in [0.25, 0.3) is 0 Å². The van der Waals surface area contributed by atoms with Gasteiger partial charge < -0.3 is 10.1 Å². The molecule has 2 atom stereocenters. The van der Waals surface area contributed by atoms with Crippen molar-refractivity contribution in [2.24, 2.45) is 7.05 Å². The van der Waals surface area contributed by atoms with E-state index in [4.69, 9.17) is 21.3 Å². The van der Waals surface area contributed by atoms with Gasteiger partial charge in [0.15, 0.2) is 0 Å². The molecule has 2 aromatic rings. The van der Waals surface area contributed by atoms with Crippen molar-refractivity contribution >= 4 is 22.6 Å². The fourth-order valence-electron chi connectivity index (χ4n) is 3.19. The van der Waals surface area contributed by atoms with Crippen LogP contribution < -0.4 is 5.32 Å². The Morgan fingerprint density at radius 2 is 2.47 bits per heavy atom. The van der Waals surface area contributed by atoms with Crippen LogP contribution in [0.5, 0.6) is 0 Å². The number of nitrogens with one attached hydrogen (secondary N) is 1. The minimum atomic E-state index is -0.309. The molecule has 19 heavy (non-hydrogen) atoms. The Balaban J connectivity index is 1.87. The number of nitrogens with zero attached hydrogens (tertiary/aromatic N) is 3. The van der Waals surface area contributed by atoms with E-state index in [0.717, 1.165) is 42.7 Å². The Morgan fingerprint density at radius 3 is 3.37 bits per heavy atom. The molecule has 2 aliphatic heterocycles. The lowest BCUT2D eigenvalue weighted by Crippen LogP contribution is -2.46. The third kappa shape index (κ3) is 1.62. The zero-order valence-electron chi connectivity index (χ0n) is 10.7. The van der Waals surface area contributed by atoms with Crippen molar-refractivity contribution in [3.63, 3.8) is 0 Å². The average Bonchev–Trinajstić information content (AvgIpc) is 2.92. The maximum absolute atomic E-state index is 6.38. The summed E-state index contributed by atoms with van der Waals surface area (Å²) in [6, 6.07) is 1.93. The van der Waals surface area contributed by atoms with E-state index in [1.54, 1.807) is 10.9 Å². The van der Waals surface area contributed by atoms with E-state index < -0.39 is 0 Å². The molecule has 4 rings (SSSR count). The van der Waals surface area contributed by atoms with Gasteiger partial charge in [0.05, 0.1) is 23.0 Å². The molecule has 2 fully saturated rings. The van der Waals surface area contributed by atoms with E-state index in [0.29, 0.717) is 11.1 Å². The normalized spacial score (nSPS) is 30.1. The van der Waals surface area contributed by atoms with Crippen LogP contribution in [0, 0.1) is 0 Å². The van der Waals surface area contributed by atoms with Gasteiger partial charge in [-0.15, -0.1) is 0 Å². The van der Waals surface area contributed by atoms with E-state index in [1.807, 2.05) is 13.1 Å². The first-order valence-electron chi connectivity index (χ1n) is 6.55. The summed E-state index contributed by atoms with van der Waals surface area (Å²) in [5, 5.41) is 8.33. The number of morpholine rings is 1. The number of hydrogen-bond donors (Lipinski definition) is 1. The van der Waals surface area contributed by atoms with Crippen LogP contribution in [0.15, 0.2) is 12.3 Å². The van der Waals surface area contributed by atoms with Crippen LogP contribution in [0.25, 0.3) is 11.0 Å². The molecular formula is C13H15ClN4O. The Bertz CT molecular complexity index is 651. The smallest absolute Gasteiger partial charge is 0.123 e. The molecule has 2 aromatic heterocycles. The molecule has 4 heterocycles. The van der Waals surface area contributed by atoms with Crippen molar-refractivity contribution in [3.05, 3.63) is 23.0 Å². The lowest BCUT2D eigenvalue weighted by atomic mass is 9.95. The summed E-state index contributed by atoms with van der Waals surface area (Å²) in [6.07, 6.45) is 4.14. The zero-order valence-corrected chi connectivity index (χ0v) is 11.4. The van der Waals surface area contributed by atoms with Crippen LogP contribution in [0.2, 0.25) is 5.02 Å². The highest BCUT2D eigenvalue weighted by Gasteiger charge is 2.45. The van der Waals surface area contributed by atoms with Crippen LogP contribution in [0.3, 0.4) is 0 Å². The lowest BCUT2D eigenvalue weighted by Gasteiger charge is -2.33. The lowest BCUT2D eigenvalue weighted by molar-refractivity contribution is -0.0710. The molecule has 2 saturated heterocycles. The number of halogens is 1. The van der Waals surface area contributed by atoms with Gasteiger partial charge in [-0.2, -0.15) is 5.10 Å². The summed E-state index contributed by atoms with van der Waals surface area (Å²) in [6.45, 7) is 1.74. The van der Waals surface area contributed by atoms with Crippen molar-refractivity contribution < 1.29 is 4.74 Å². The van der Waals surface area contributed by atoms with Gasteiger partial charge in [0.1, 0.15) is 16.6 Å². The van der Waals surface area contributed by atoms with E-state index in [2.05, 4.69) is 10.4 Å². The predicted octanol–water partition coefficient (Wildman–Crippen LogP) is 1.60. The fraction of sp³-hybridized carbons (Fsp3) is 0.538. The maximum Gasteiger partial charge on any atom is 0.123 e. The van der Waals surface area contributed by atoms with Crippen LogP contribution in [0.4, 0.5) is 0 Å². The minimum Gasteiger partial charge on any atom is -0.363 e. The molecule has 0 spiro atoms. The van der Waals surface area contributed by atoms with Gasteiger partial charge in [-0.3, -0.25) is 4.68 Å². The number of aryl methyl sites for hydroxylation is 1. The molecule has 0 aromatic carbocycles. The summed E-state index contributed by atoms with van der Waals surface area (Å²) in [7, 11) is 1.87. The molecule has 5 nitrogen and oxygen atoms in total. The number of aromatic nitrogens is 3. The van der Waals surface area contributed by atoms with Gasteiger partial charge in [-0.25, -0.2) is 4.98 Å².